The molecule has 0 N–H and O–H groups in total. The number of carbonyl (C=O) groups excluding carboxylic acids is 1. The highest BCUT2D eigenvalue weighted by molar-refractivity contribution is 7.22. The van der Waals surface area contributed by atoms with E-state index in [9.17, 15) is 4.79 Å². The van der Waals surface area contributed by atoms with Gasteiger partial charge in [0.2, 0.25) is 0 Å². The molecule has 3 aromatic heterocycles. The number of hydrogen-bond donors (Lipinski definition) is 0. The lowest BCUT2D eigenvalue weighted by Gasteiger charge is -2.20. The maximum absolute atomic E-state index is 13.5. The number of carbonyl (C=O) groups is 1. The Kier molecular flexibility index (Phi) is 4.87. The van der Waals surface area contributed by atoms with Gasteiger partial charge in [0, 0.05) is 18.3 Å². The predicted molar refractivity (Wildman–Crippen MR) is 112 cm³/mol. The molecular weight excluding hydrogens is 394 g/mol. The van der Waals surface area contributed by atoms with Crippen molar-refractivity contribution in [1.82, 2.24) is 19.7 Å². The van der Waals surface area contributed by atoms with Crippen molar-refractivity contribution >= 4 is 44.2 Å². The zero-order valence-electron chi connectivity index (χ0n) is 15.7. The third-order valence-corrected chi connectivity index (χ3v) is 6.04. The molecule has 8 heteroatoms. The van der Waals surface area contributed by atoms with E-state index in [4.69, 9.17) is 16.6 Å². The first-order valence-electron chi connectivity index (χ1n) is 8.71. The zero-order valence-corrected chi connectivity index (χ0v) is 17.3. The highest BCUT2D eigenvalue weighted by atomic mass is 35.5. The molecule has 0 saturated heterocycles. The molecule has 0 saturated carbocycles. The van der Waals surface area contributed by atoms with Gasteiger partial charge in [0.15, 0.2) is 5.13 Å². The third kappa shape index (κ3) is 3.27. The summed E-state index contributed by atoms with van der Waals surface area (Å²) in [5.74, 6) is -0.161. The van der Waals surface area contributed by atoms with E-state index in [1.165, 1.54) is 11.3 Å². The van der Waals surface area contributed by atoms with Crippen molar-refractivity contribution in [3.63, 3.8) is 0 Å². The summed E-state index contributed by atoms with van der Waals surface area (Å²) < 4.78 is 2.58. The number of halogens is 1. The van der Waals surface area contributed by atoms with Gasteiger partial charge in [-0.3, -0.25) is 19.4 Å². The van der Waals surface area contributed by atoms with Crippen LogP contribution in [0.25, 0.3) is 10.2 Å². The van der Waals surface area contributed by atoms with Crippen molar-refractivity contribution in [3.8, 4) is 0 Å². The number of amides is 1. The van der Waals surface area contributed by atoms with Gasteiger partial charge in [0.25, 0.3) is 5.91 Å². The Morgan fingerprint density at radius 1 is 1.25 bits per heavy atom. The Balaban J connectivity index is 1.83. The topological polar surface area (TPSA) is 63.9 Å². The van der Waals surface area contributed by atoms with E-state index in [-0.39, 0.29) is 5.91 Å². The Morgan fingerprint density at radius 2 is 2.07 bits per heavy atom. The van der Waals surface area contributed by atoms with Gasteiger partial charge in [-0.15, -0.1) is 0 Å². The van der Waals surface area contributed by atoms with E-state index >= 15 is 0 Å². The lowest BCUT2D eigenvalue weighted by molar-refractivity contribution is 0.0975. The fourth-order valence-electron chi connectivity index (χ4n) is 3.07. The molecule has 6 nitrogen and oxygen atoms in total. The van der Waals surface area contributed by atoms with Crippen LogP contribution in [0.5, 0.6) is 0 Å². The van der Waals surface area contributed by atoms with Crippen LogP contribution in [0.2, 0.25) is 5.02 Å². The first kappa shape index (κ1) is 18.6. The summed E-state index contributed by atoms with van der Waals surface area (Å²) >= 11 is 7.72. The highest BCUT2D eigenvalue weighted by Crippen LogP contribution is 2.34. The highest BCUT2D eigenvalue weighted by Gasteiger charge is 2.26. The number of hydrogen-bond acceptors (Lipinski definition) is 5. The van der Waals surface area contributed by atoms with Crippen molar-refractivity contribution in [2.24, 2.45) is 7.05 Å². The van der Waals surface area contributed by atoms with Gasteiger partial charge in [0.1, 0.15) is 5.69 Å². The van der Waals surface area contributed by atoms with E-state index in [2.05, 4.69) is 10.1 Å². The molecule has 0 unspecified atom stereocenters. The van der Waals surface area contributed by atoms with Gasteiger partial charge < -0.3 is 0 Å². The van der Waals surface area contributed by atoms with Gasteiger partial charge in [-0.1, -0.05) is 29.0 Å². The van der Waals surface area contributed by atoms with E-state index < -0.39 is 0 Å². The molecule has 28 heavy (non-hydrogen) atoms. The van der Waals surface area contributed by atoms with Crippen molar-refractivity contribution in [2.45, 2.75) is 20.4 Å². The van der Waals surface area contributed by atoms with Crippen molar-refractivity contribution in [3.05, 3.63) is 70.3 Å². The summed E-state index contributed by atoms with van der Waals surface area (Å²) in [7, 11) is 1.77. The van der Waals surface area contributed by atoms with Crippen LogP contribution in [0.4, 0.5) is 5.13 Å². The SMILES string of the molecule is Cc1cnn(C)c1C(=O)N(Cc1ccccn1)c1nc2c(C)c(Cl)ccc2s1. The molecule has 4 rings (SSSR count). The van der Waals surface area contributed by atoms with E-state index in [1.807, 2.05) is 44.2 Å². The maximum Gasteiger partial charge on any atom is 0.278 e. The molecule has 0 fully saturated rings. The summed E-state index contributed by atoms with van der Waals surface area (Å²) in [6.07, 6.45) is 3.41. The normalized spacial score (nSPS) is 11.1. The molecule has 4 aromatic rings. The van der Waals surface area contributed by atoms with Crippen molar-refractivity contribution < 1.29 is 4.79 Å². The van der Waals surface area contributed by atoms with Gasteiger partial charge in [-0.05, 0) is 49.2 Å². The Hall–Kier alpha value is -2.77. The Bertz CT molecular complexity index is 1150. The molecule has 0 atom stereocenters. The zero-order chi connectivity index (χ0) is 19.8. The number of rotatable bonds is 4. The van der Waals surface area contributed by atoms with Gasteiger partial charge >= 0.3 is 0 Å². The maximum atomic E-state index is 13.5. The van der Waals surface area contributed by atoms with E-state index in [0.717, 1.165) is 27.0 Å². The standard InChI is InChI=1S/C20H18ClN5OS/c1-12-10-23-25(3)18(12)19(27)26(11-14-6-4-5-9-22-14)20-24-17-13(2)15(21)7-8-16(17)28-20/h4-10H,11H2,1-3H3. The number of nitrogens with zero attached hydrogens (tertiary/aromatic N) is 5. The van der Waals surface area contributed by atoms with Crippen molar-refractivity contribution in [2.75, 3.05) is 4.90 Å². The molecule has 1 amide bonds. The summed E-state index contributed by atoms with van der Waals surface area (Å²) in [5.41, 5.74) is 3.85. The summed E-state index contributed by atoms with van der Waals surface area (Å²) in [6, 6.07) is 9.44. The number of fused-ring (bicyclic) bond motifs is 1. The van der Waals surface area contributed by atoms with Crippen LogP contribution >= 0.6 is 22.9 Å². The molecule has 0 aliphatic rings. The summed E-state index contributed by atoms with van der Waals surface area (Å²) in [4.78, 5) is 24.2. The van der Waals surface area contributed by atoms with Crippen LogP contribution in [-0.4, -0.2) is 25.7 Å². The Labute approximate surface area is 171 Å². The first-order chi connectivity index (χ1) is 13.5. The van der Waals surface area contributed by atoms with E-state index in [1.54, 1.807) is 29.0 Å². The number of benzene rings is 1. The third-order valence-electron chi connectivity index (χ3n) is 4.58. The van der Waals surface area contributed by atoms with Crippen LogP contribution in [0.3, 0.4) is 0 Å². The number of pyridine rings is 1. The first-order valence-corrected chi connectivity index (χ1v) is 9.91. The second-order valence-corrected chi connectivity index (χ2v) is 7.94. The lowest BCUT2D eigenvalue weighted by atomic mass is 10.2. The minimum atomic E-state index is -0.161. The monoisotopic (exact) mass is 411 g/mol. The minimum Gasteiger partial charge on any atom is -0.277 e. The second-order valence-electron chi connectivity index (χ2n) is 6.53. The number of thiazole rings is 1. The summed E-state index contributed by atoms with van der Waals surface area (Å²) in [5, 5.41) is 5.48. The molecule has 0 bridgehead atoms. The number of aromatic nitrogens is 4. The molecule has 142 valence electrons. The minimum absolute atomic E-state index is 0.161. The van der Waals surface area contributed by atoms with Gasteiger partial charge in [0.05, 0.1) is 28.7 Å². The van der Waals surface area contributed by atoms with Gasteiger partial charge in [-0.25, -0.2) is 4.98 Å². The number of anilines is 1. The average molecular weight is 412 g/mol. The van der Waals surface area contributed by atoms with Crippen LogP contribution in [0.15, 0.2) is 42.7 Å². The molecule has 1 aromatic carbocycles. The fraction of sp³-hybridized carbons (Fsp3) is 0.200. The molecule has 0 aliphatic heterocycles. The van der Waals surface area contributed by atoms with Crippen LogP contribution in [0.1, 0.15) is 27.3 Å². The molecule has 0 spiro atoms. The molecule has 0 aliphatic carbocycles. The smallest absolute Gasteiger partial charge is 0.277 e. The lowest BCUT2D eigenvalue weighted by Crippen LogP contribution is -2.32. The van der Waals surface area contributed by atoms with Crippen LogP contribution < -0.4 is 4.90 Å². The summed E-state index contributed by atoms with van der Waals surface area (Å²) in [6.45, 7) is 4.13. The fourth-order valence-corrected chi connectivity index (χ4v) is 4.24. The molecule has 0 radical (unpaired) electrons. The predicted octanol–water partition coefficient (Wildman–Crippen LogP) is 4.54. The molecule has 3 heterocycles. The van der Waals surface area contributed by atoms with Gasteiger partial charge in [-0.2, -0.15) is 5.10 Å². The van der Waals surface area contributed by atoms with Crippen LogP contribution in [-0.2, 0) is 13.6 Å². The average Bonchev–Trinajstić information content (AvgIpc) is 3.27. The quantitative estimate of drug-likeness (QED) is 0.494. The molecular formula is C20H18ClN5OS. The Morgan fingerprint density at radius 3 is 2.75 bits per heavy atom. The van der Waals surface area contributed by atoms with Crippen molar-refractivity contribution in [1.29, 1.82) is 0 Å². The number of aryl methyl sites for hydroxylation is 3. The largest absolute Gasteiger partial charge is 0.278 e. The van der Waals surface area contributed by atoms with E-state index in [0.29, 0.717) is 22.4 Å². The van der Waals surface area contributed by atoms with Crippen LogP contribution in [0, 0.1) is 13.8 Å². The second kappa shape index (κ2) is 7.33.